The van der Waals surface area contributed by atoms with Gasteiger partial charge in [-0.25, -0.2) is 0 Å². The van der Waals surface area contributed by atoms with E-state index in [4.69, 9.17) is 5.73 Å². The molecule has 5 atom stereocenters. The molecule has 2 unspecified atom stereocenters. The van der Waals surface area contributed by atoms with Gasteiger partial charge in [0.05, 0.1) is 24.4 Å². The second kappa shape index (κ2) is 17.3. The average Bonchev–Trinajstić information content (AvgIpc) is 2.77. The molecule has 2 fully saturated rings. The smallest absolute Gasteiger partial charge is 0.0949 e. The van der Waals surface area contributed by atoms with E-state index in [0.717, 1.165) is 25.2 Å². The van der Waals surface area contributed by atoms with Crippen LogP contribution in [0.5, 0.6) is 0 Å². The molecule has 0 radical (unpaired) electrons. The predicted molar refractivity (Wildman–Crippen MR) is 138 cm³/mol. The maximum absolute atomic E-state index is 9.99. The van der Waals surface area contributed by atoms with Crippen LogP contribution in [0.15, 0.2) is 0 Å². The molecule has 0 aromatic rings. The van der Waals surface area contributed by atoms with Crippen LogP contribution in [-0.2, 0) is 0 Å². The molecule has 0 aromatic carbocycles. The van der Waals surface area contributed by atoms with Crippen LogP contribution >= 0.6 is 0 Å². The highest BCUT2D eigenvalue weighted by Gasteiger charge is 2.27. The topological polar surface area (TPSA) is 107 Å². The van der Waals surface area contributed by atoms with Crippen LogP contribution in [0.25, 0.3) is 0 Å². The molecule has 0 bridgehead atoms. The van der Waals surface area contributed by atoms with Crippen LogP contribution in [0.4, 0.5) is 0 Å². The Bertz CT molecular complexity index is 461. The van der Waals surface area contributed by atoms with Crippen LogP contribution < -0.4 is 5.73 Å². The summed E-state index contributed by atoms with van der Waals surface area (Å²) in [6.45, 7) is 8.25. The fourth-order valence-corrected chi connectivity index (χ4v) is 5.57. The summed E-state index contributed by atoms with van der Waals surface area (Å²) >= 11 is 0. The Morgan fingerprint density at radius 2 is 1.09 bits per heavy atom. The Labute approximate surface area is 204 Å². The molecule has 6 N–H and O–H groups in total. The van der Waals surface area contributed by atoms with Gasteiger partial charge < -0.3 is 26.2 Å². The van der Waals surface area contributed by atoms with Gasteiger partial charge in [-0.1, -0.05) is 91.9 Å². The summed E-state index contributed by atoms with van der Waals surface area (Å²) in [6, 6.07) is -0.271. The van der Waals surface area contributed by atoms with Crippen molar-refractivity contribution in [1.82, 2.24) is 0 Å². The fourth-order valence-electron chi connectivity index (χ4n) is 5.57. The molecule has 2 saturated carbocycles. The molecule has 2 rings (SSSR count). The van der Waals surface area contributed by atoms with Crippen LogP contribution in [0.1, 0.15) is 124 Å². The molecule has 0 spiro atoms. The number of aliphatic hydroxyl groups is 4. The van der Waals surface area contributed by atoms with Gasteiger partial charge in [-0.3, -0.25) is 0 Å². The molecule has 0 saturated heterocycles. The Balaban J connectivity index is 0.000000331. The van der Waals surface area contributed by atoms with Crippen molar-refractivity contribution < 1.29 is 20.4 Å². The Hall–Kier alpha value is -0.200. The van der Waals surface area contributed by atoms with E-state index in [1.54, 1.807) is 0 Å². The van der Waals surface area contributed by atoms with Crippen molar-refractivity contribution >= 4 is 0 Å². The van der Waals surface area contributed by atoms with Crippen LogP contribution in [0, 0.1) is 23.7 Å². The molecule has 2 aliphatic rings. The van der Waals surface area contributed by atoms with Crippen molar-refractivity contribution in [3.63, 3.8) is 0 Å². The third-order valence-electron chi connectivity index (χ3n) is 7.63. The molecule has 2 aliphatic carbocycles. The van der Waals surface area contributed by atoms with Gasteiger partial charge in [0.15, 0.2) is 0 Å². The van der Waals surface area contributed by atoms with Crippen molar-refractivity contribution in [3.8, 4) is 0 Å². The highest BCUT2D eigenvalue weighted by atomic mass is 16.3. The number of hydrogen-bond acceptors (Lipinski definition) is 5. The van der Waals surface area contributed by atoms with Gasteiger partial charge in [-0.15, -0.1) is 0 Å². The van der Waals surface area contributed by atoms with Crippen LogP contribution in [0.2, 0.25) is 0 Å². The van der Waals surface area contributed by atoms with Gasteiger partial charge in [-0.05, 0) is 55.8 Å². The van der Waals surface area contributed by atoms with Gasteiger partial charge in [0, 0.05) is 6.04 Å². The van der Waals surface area contributed by atoms with Crippen LogP contribution in [-0.4, -0.2) is 50.9 Å². The molecular formula is C28H57NO4. The van der Waals surface area contributed by atoms with E-state index in [9.17, 15) is 20.4 Å². The summed E-state index contributed by atoms with van der Waals surface area (Å²) in [5, 5.41) is 39.5. The number of hydrogen-bond donors (Lipinski definition) is 5. The molecule has 33 heavy (non-hydrogen) atoms. The lowest BCUT2D eigenvalue weighted by molar-refractivity contribution is -0.0117. The van der Waals surface area contributed by atoms with E-state index in [0.29, 0.717) is 30.6 Å². The summed E-state index contributed by atoms with van der Waals surface area (Å²) in [5.41, 5.74) is 6.01. The van der Waals surface area contributed by atoms with E-state index in [1.807, 2.05) is 13.8 Å². The lowest BCUT2D eigenvalue weighted by atomic mass is 9.83. The first-order valence-electron chi connectivity index (χ1n) is 14.1. The number of aliphatic hydroxyl groups excluding tert-OH is 4. The summed E-state index contributed by atoms with van der Waals surface area (Å²) in [5.74, 6) is 2.30. The summed E-state index contributed by atoms with van der Waals surface area (Å²) < 4.78 is 0. The first-order chi connectivity index (χ1) is 15.6. The number of rotatable bonds is 12. The molecule has 5 heteroatoms. The molecule has 198 valence electrons. The van der Waals surface area contributed by atoms with Crippen molar-refractivity contribution in [2.45, 2.75) is 154 Å². The highest BCUT2D eigenvalue weighted by molar-refractivity contribution is 4.82. The molecular weight excluding hydrogens is 414 g/mol. The maximum atomic E-state index is 9.99. The van der Waals surface area contributed by atoms with E-state index < -0.39 is 24.4 Å². The second-order valence-corrected chi connectivity index (χ2v) is 11.9. The maximum Gasteiger partial charge on any atom is 0.0949 e. The van der Waals surface area contributed by atoms with E-state index >= 15 is 0 Å². The van der Waals surface area contributed by atoms with Gasteiger partial charge in [0.2, 0.25) is 0 Å². The van der Waals surface area contributed by atoms with E-state index in [2.05, 4.69) is 13.8 Å². The van der Waals surface area contributed by atoms with Gasteiger partial charge in [0.25, 0.3) is 0 Å². The third kappa shape index (κ3) is 14.1. The first-order valence-corrected chi connectivity index (χ1v) is 14.1. The second-order valence-electron chi connectivity index (χ2n) is 11.9. The van der Waals surface area contributed by atoms with Gasteiger partial charge in [-0.2, -0.15) is 0 Å². The lowest BCUT2D eigenvalue weighted by Gasteiger charge is -2.29. The normalized spacial score (nSPS) is 23.0. The molecule has 5 nitrogen and oxygen atoms in total. The quantitative estimate of drug-likeness (QED) is 0.270. The Morgan fingerprint density at radius 3 is 1.58 bits per heavy atom. The molecule has 0 amide bonds. The van der Waals surface area contributed by atoms with Crippen molar-refractivity contribution in [2.75, 3.05) is 0 Å². The Morgan fingerprint density at radius 1 is 0.636 bits per heavy atom. The van der Waals surface area contributed by atoms with Crippen LogP contribution in [0.3, 0.4) is 0 Å². The standard InChI is InChI=1S/C14H29NO2.C14H28O2/c1-10(2)8-13(16)14(17)12(15)9-11-6-4-3-5-7-11;1-11(2)10-14(16)13(15)9-8-12-6-4-3-5-7-12/h10-14,16-17H,3-9,15H2,1-2H3;11-16H,3-10H2,1-2H3/t12-,13-,14+;/m0./s1. The molecule has 0 heterocycles. The number of nitrogens with two attached hydrogens (primary N) is 1. The summed E-state index contributed by atoms with van der Waals surface area (Å²) in [6.07, 6.45) is 14.7. The zero-order chi connectivity index (χ0) is 24.8. The largest absolute Gasteiger partial charge is 0.390 e. The minimum atomic E-state index is -0.765. The van der Waals surface area contributed by atoms with E-state index in [1.165, 1.54) is 64.2 Å². The molecule has 0 aliphatic heterocycles. The predicted octanol–water partition coefficient (Wildman–Crippen LogP) is 5.17. The SMILES string of the molecule is CC(C)CC(O)C(O)CCC1CCCCC1.CC(C)C[C@H](O)[C@H](O)[C@@H](N)CC1CCCCC1. The highest BCUT2D eigenvalue weighted by Crippen LogP contribution is 2.29. The minimum absolute atomic E-state index is 0.271. The summed E-state index contributed by atoms with van der Waals surface area (Å²) in [4.78, 5) is 0. The van der Waals surface area contributed by atoms with Gasteiger partial charge in [0.1, 0.15) is 0 Å². The zero-order valence-corrected chi connectivity index (χ0v) is 22.2. The first kappa shape index (κ1) is 30.8. The minimum Gasteiger partial charge on any atom is -0.390 e. The van der Waals surface area contributed by atoms with E-state index in [-0.39, 0.29) is 6.04 Å². The zero-order valence-electron chi connectivity index (χ0n) is 22.2. The van der Waals surface area contributed by atoms with Crippen molar-refractivity contribution in [1.29, 1.82) is 0 Å². The average molecular weight is 472 g/mol. The fraction of sp³-hybridized carbons (Fsp3) is 1.00. The summed E-state index contributed by atoms with van der Waals surface area (Å²) in [7, 11) is 0. The molecule has 0 aromatic heterocycles. The van der Waals surface area contributed by atoms with Gasteiger partial charge >= 0.3 is 0 Å². The monoisotopic (exact) mass is 471 g/mol. The third-order valence-corrected chi connectivity index (χ3v) is 7.63. The Kier molecular flexibility index (Phi) is 16.1. The van der Waals surface area contributed by atoms with Crippen molar-refractivity contribution in [2.24, 2.45) is 29.4 Å². The lowest BCUT2D eigenvalue weighted by Crippen LogP contribution is -2.44. The van der Waals surface area contributed by atoms with Crippen molar-refractivity contribution in [3.05, 3.63) is 0 Å².